The highest BCUT2D eigenvalue weighted by Crippen LogP contribution is 2.20. The van der Waals surface area contributed by atoms with Crippen LogP contribution in [-0.2, 0) is 11.3 Å². The van der Waals surface area contributed by atoms with E-state index in [1.165, 1.54) is 5.56 Å². The highest BCUT2D eigenvalue weighted by atomic mass is 16.5. The Hall–Kier alpha value is -1.55. The van der Waals surface area contributed by atoms with Crippen LogP contribution in [0.25, 0.3) is 0 Å². The van der Waals surface area contributed by atoms with Crippen LogP contribution in [0.1, 0.15) is 12.0 Å². The molecular weight excluding hydrogens is 218 g/mol. The molecular formula is C13H17NO3. The molecule has 0 aromatic heterocycles. The van der Waals surface area contributed by atoms with Gasteiger partial charge in [-0.15, -0.1) is 0 Å². The lowest BCUT2D eigenvalue weighted by Crippen LogP contribution is -2.22. The molecule has 92 valence electrons. The van der Waals surface area contributed by atoms with Gasteiger partial charge in [-0.05, 0) is 30.7 Å². The largest absolute Gasteiger partial charge is 0.497 e. The summed E-state index contributed by atoms with van der Waals surface area (Å²) in [4.78, 5) is 13.0. The van der Waals surface area contributed by atoms with E-state index >= 15 is 0 Å². The van der Waals surface area contributed by atoms with Crippen LogP contribution in [0.5, 0.6) is 5.75 Å². The molecule has 1 heterocycles. The predicted molar refractivity (Wildman–Crippen MR) is 64.0 cm³/mol. The standard InChI is InChI=1S/C13H17NO3/c1-17-12-4-2-10(3-5-12)8-14-7-6-11(9-14)13(15)16/h2-5,11H,6-9H2,1H3,(H,15,16)/t11-/m0/s1. The summed E-state index contributed by atoms with van der Waals surface area (Å²) in [6, 6.07) is 7.90. The third-order valence-corrected chi connectivity index (χ3v) is 3.19. The zero-order valence-electron chi connectivity index (χ0n) is 9.93. The first-order valence-corrected chi connectivity index (χ1v) is 5.77. The van der Waals surface area contributed by atoms with Gasteiger partial charge >= 0.3 is 5.97 Å². The number of carbonyl (C=O) groups is 1. The van der Waals surface area contributed by atoms with Crippen molar-refractivity contribution in [3.63, 3.8) is 0 Å². The van der Waals surface area contributed by atoms with Crippen LogP contribution >= 0.6 is 0 Å². The molecule has 0 bridgehead atoms. The van der Waals surface area contributed by atoms with Crippen molar-refractivity contribution < 1.29 is 14.6 Å². The van der Waals surface area contributed by atoms with E-state index in [2.05, 4.69) is 4.90 Å². The van der Waals surface area contributed by atoms with Crippen LogP contribution in [0, 0.1) is 5.92 Å². The minimum absolute atomic E-state index is 0.201. The predicted octanol–water partition coefficient (Wildman–Crippen LogP) is 1.60. The van der Waals surface area contributed by atoms with E-state index in [9.17, 15) is 4.79 Å². The first-order valence-electron chi connectivity index (χ1n) is 5.77. The fourth-order valence-corrected chi connectivity index (χ4v) is 2.17. The van der Waals surface area contributed by atoms with E-state index < -0.39 is 5.97 Å². The van der Waals surface area contributed by atoms with E-state index in [4.69, 9.17) is 9.84 Å². The molecule has 0 unspecified atom stereocenters. The third kappa shape index (κ3) is 2.97. The van der Waals surface area contributed by atoms with Gasteiger partial charge in [-0.3, -0.25) is 9.69 Å². The zero-order chi connectivity index (χ0) is 12.3. The van der Waals surface area contributed by atoms with Crippen molar-refractivity contribution in [1.82, 2.24) is 4.90 Å². The quantitative estimate of drug-likeness (QED) is 0.861. The molecule has 1 atom stereocenters. The fraction of sp³-hybridized carbons (Fsp3) is 0.462. The summed E-state index contributed by atoms with van der Waals surface area (Å²) >= 11 is 0. The lowest BCUT2D eigenvalue weighted by molar-refractivity contribution is -0.141. The molecule has 1 fully saturated rings. The lowest BCUT2D eigenvalue weighted by Gasteiger charge is -2.15. The highest BCUT2D eigenvalue weighted by Gasteiger charge is 2.27. The molecule has 1 N–H and O–H groups in total. The van der Waals surface area contributed by atoms with E-state index in [0.29, 0.717) is 6.54 Å². The minimum Gasteiger partial charge on any atom is -0.497 e. The van der Waals surface area contributed by atoms with Crippen LogP contribution in [-0.4, -0.2) is 36.2 Å². The number of hydrogen-bond donors (Lipinski definition) is 1. The summed E-state index contributed by atoms with van der Waals surface area (Å²) in [6.07, 6.45) is 0.755. The molecule has 0 radical (unpaired) electrons. The van der Waals surface area contributed by atoms with Crippen LogP contribution in [0.15, 0.2) is 24.3 Å². The topological polar surface area (TPSA) is 49.8 Å². The molecule has 1 saturated heterocycles. The highest BCUT2D eigenvalue weighted by molar-refractivity contribution is 5.70. The molecule has 0 aliphatic carbocycles. The number of rotatable bonds is 4. The Kier molecular flexibility index (Phi) is 3.64. The van der Waals surface area contributed by atoms with E-state index in [-0.39, 0.29) is 5.92 Å². The molecule has 0 saturated carbocycles. The molecule has 1 aliphatic heterocycles. The van der Waals surface area contributed by atoms with Gasteiger partial charge < -0.3 is 9.84 Å². The van der Waals surface area contributed by atoms with E-state index in [1.807, 2.05) is 24.3 Å². The summed E-state index contributed by atoms with van der Waals surface area (Å²) in [6.45, 7) is 2.33. The van der Waals surface area contributed by atoms with Crippen LogP contribution < -0.4 is 4.74 Å². The molecule has 0 spiro atoms. The first-order chi connectivity index (χ1) is 8.19. The Labute approximate surface area is 101 Å². The number of benzene rings is 1. The van der Waals surface area contributed by atoms with Crippen molar-refractivity contribution in [3.8, 4) is 5.75 Å². The van der Waals surface area contributed by atoms with Gasteiger partial charge in [-0.25, -0.2) is 0 Å². The van der Waals surface area contributed by atoms with Gasteiger partial charge in [0.25, 0.3) is 0 Å². The minimum atomic E-state index is -0.678. The summed E-state index contributed by atoms with van der Waals surface area (Å²) < 4.78 is 5.10. The second kappa shape index (κ2) is 5.19. The van der Waals surface area contributed by atoms with Gasteiger partial charge in [0.2, 0.25) is 0 Å². The Morgan fingerprint density at radius 3 is 2.71 bits per heavy atom. The van der Waals surface area contributed by atoms with E-state index in [0.717, 1.165) is 25.3 Å². The number of hydrogen-bond acceptors (Lipinski definition) is 3. The van der Waals surface area contributed by atoms with Crippen molar-refractivity contribution in [2.75, 3.05) is 20.2 Å². The van der Waals surface area contributed by atoms with Gasteiger partial charge in [0, 0.05) is 13.1 Å². The SMILES string of the molecule is COc1ccc(CN2CC[C@H](C(=O)O)C2)cc1. The van der Waals surface area contributed by atoms with Crippen molar-refractivity contribution in [2.45, 2.75) is 13.0 Å². The van der Waals surface area contributed by atoms with Gasteiger partial charge in [-0.1, -0.05) is 12.1 Å². The van der Waals surface area contributed by atoms with Crippen LogP contribution in [0.2, 0.25) is 0 Å². The summed E-state index contributed by atoms with van der Waals surface area (Å²) in [5.74, 6) is -0.0333. The smallest absolute Gasteiger partial charge is 0.307 e. The number of ether oxygens (including phenoxy) is 1. The Morgan fingerprint density at radius 2 is 2.18 bits per heavy atom. The molecule has 1 aliphatic rings. The number of carboxylic acid groups (broad SMARTS) is 1. The summed E-state index contributed by atoms with van der Waals surface area (Å²) in [5.41, 5.74) is 1.19. The monoisotopic (exact) mass is 235 g/mol. The number of aliphatic carboxylic acids is 1. The zero-order valence-corrected chi connectivity index (χ0v) is 9.93. The third-order valence-electron chi connectivity index (χ3n) is 3.19. The molecule has 2 rings (SSSR count). The van der Waals surface area contributed by atoms with Gasteiger partial charge in [-0.2, -0.15) is 0 Å². The van der Waals surface area contributed by atoms with Gasteiger partial charge in [0.05, 0.1) is 13.0 Å². The molecule has 4 nitrogen and oxygen atoms in total. The normalized spacial score (nSPS) is 20.4. The van der Waals surface area contributed by atoms with Crippen molar-refractivity contribution in [3.05, 3.63) is 29.8 Å². The summed E-state index contributed by atoms with van der Waals surface area (Å²) in [7, 11) is 1.65. The van der Waals surface area contributed by atoms with Crippen LogP contribution in [0.3, 0.4) is 0 Å². The second-order valence-electron chi connectivity index (χ2n) is 4.41. The molecule has 4 heteroatoms. The number of nitrogens with zero attached hydrogens (tertiary/aromatic N) is 1. The maximum Gasteiger partial charge on any atom is 0.307 e. The van der Waals surface area contributed by atoms with Crippen LogP contribution in [0.4, 0.5) is 0 Å². The molecule has 1 aromatic carbocycles. The molecule has 1 aromatic rings. The molecule has 0 amide bonds. The number of carboxylic acids is 1. The average Bonchev–Trinajstić information content (AvgIpc) is 2.79. The number of likely N-dealkylation sites (tertiary alicyclic amines) is 1. The van der Waals surface area contributed by atoms with Gasteiger partial charge in [0.1, 0.15) is 5.75 Å². The summed E-state index contributed by atoms with van der Waals surface area (Å²) in [5, 5.41) is 8.92. The van der Waals surface area contributed by atoms with Crippen molar-refractivity contribution in [2.24, 2.45) is 5.92 Å². The second-order valence-corrected chi connectivity index (χ2v) is 4.41. The number of methoxy groups -OCH3 is 1. The maximum atomic E-state index is 10.8. The molecule has 17 heavy (non-hydrogen) atoms. The Bertz CT molecular complexity index is 388. The Balaban J connectivity index is 1.91. The van der Waals surface area contributed by atoms with Crippen molar-refractivity contribution in [1.29, 1.82) is 0 Å². The lowest BCUT2D eigenvalue weighted by atomic mass is 10.1. The first kappa shape index (κ1) is 11.9. The van der Waals surface area contributed by atoms with E-state index in [1.54, 1.807) is 7.11 Å². The Morgan fingerprint density at radius 1 is 1.47 bits per heavy atom. The fourth-order valence-electron chi connectivity index (χ4n) is 2.17. The average molecular weight is 235 g/mol. The maximum absolute atomic E-state index is 10.8. The van der Waals surface area contributed by atoms with Gasteiger partial charge in [0.15, 0.2) is 0 Å². The van der Waals surface area contributed by atoms with Crippen molar-refractivity contribution >= 4 is 5.97 Å².